The molecule has 3 aromatic rings. The Hall–Kier alpha value is -2.83. The molecule has 0 bridgehead atoms. The molecule has 0 atom stereocenters. The van der Waals surface area contributed by atoms with Gasteiger partial charge in [0, 0.05) is 38.2 Å². The van der Waals surface area contributed by atoms with Gasteiger partial charge in [0.15, 0.2) is 0 Å². The van der Waals surface area contributed by atoms with Crippen molar-refractivity contribution in [2.75, 3.05) is 19.0 Å². The fourth-order valence-corrected chi connectivity index (χ4v) is 2.23. The highest BCUT2D eigenvalue weighted by molar-refractivity contribution is 5.80. The summed E-state index contributed by atoms with van der Waals surface area (Å²) < 4.78 is 5.28. The van der Waals surface area contributed by atoms with Crippen LogP contribution < -0.4 is 4.90 Å². The fraction of sp³-hybridized carbons (Fsp3) is 0.267. The molecule has 0 fully saturated rings. The van der Waals surface area contributed by atoms with Crippen molar-refractivity contribution in [3.63, 3.8) is 0 Å². The molecule has 7 heteroatoms. The van der Waals surface area contributed by atoms with E-state index in [9.17, 15) is 0 Å². The standard InChI is InChI=1S/C15H16N6O/c1-9-13(10(2)22-20-9)14-11(12-8-16-5-6-17-12)7-18-15(19-14)21(3)4/h5-8H,1-4H3. The average molecular weight is 296 g/mol. The second-order valence-corrected chi connectivity index (χ2v) is 5.12. The normalized spacial score (nSPS) is 10.7. The summed E-state index contributed by atoms with van der Waals surface area (Å²) in [5.74, 6) is 1.33. The van der Waals surface area contributed by atoms with E-state index < -0.39 is 0 Å². The summed E-state index contributed by atoms with van der Waals surface area (Å²) in [5, 5.41) is 4.02. The van der Waals surface area contributed by atoms with Gasteiger partial charge in [-0.05, 0) is 13.8 Å². The van der Waals surface area contributed by atoms with E-state index in [0.717, 1.165) is 22.5 Å². The Morgan fingerprint density at radius 2 is 1.86 bits per heavy atom. The molecule has 0 aliphatic carbocycles. The zero-order valence-electron chi connectivity index (χ0n) is 12.9. The predicted octanol–water partition coefficient (Wildman–Crippen LogP) is 2.27. The molecule has 3 heterocycles. The van der Waals surface area contributed by atoms with Gasteiger partial charge in [0.25, 0.3) is 0 Å². The Balaban J connectivity index is 2.27. The van der Waals surface area contributed by atoms with Crippen molar-refractivity contribution in [3.8, 4) is 22.5 Å². The smallest absolute Gasteiger partial charge is 0.225 e. The van der Waals surface area contributed by atoms with Gasteiger partial charge in [-0.15, -0.1) is 0 Å². The Labute approximate surface area is 128 Å². The van der Waals surface area contributed by atoms with Gasteiger partial charge in [-0.2, -0.15) is 0 Å². The number of nitrogens with zero attached hydrogens (tertiary/aromatic N) is 6. The van der Waals surface area contributed by atoms with E-state index in [-0.39, 0.29) is 0 Å². The first-order valence-electron chi connectivity index (χ1n) is 6.82. The highest BCUT2D eigenvalue weighted by Gasteiger charge is 2.20. The fourth-order valence-electron chi connectivity index (χ4n) is 2.23. The van der Waals surface area contributed by atoms with Crippen molar-refractivity contribution >= 4 is 5.95 Å². The van der Waals surface area contributed by atoms with Gasteiger partial charge >= 0.3 is 0 Å². The lowest BCUT2D eigenvalue weighted by molar-refractivity contribution is 0.393. The van der Waals surface area contributed by atoms with Gasteiger partial charge in [0.05, 0.1) is 28.8 Å². The third kappa shape index (κ3) is 2.41. The van der Waals surface area contributed by atoms with E-state index in [1.807, 2.05) is 32.8 Å². The molecule has 0 saturated heterocycles. The maximum Gasteiger partial charge on any atom is 0.225 e. The summed E-state index contributed by atoms with van der Waals surface area (Å²) in [6, 6.07) is 0. The number of rotatable bonds is 3. The summed E-state index contributed by atoms with van der Waals surface area (Å²) in [4.78, 5) is 19.4. The van der Waals surface area contributed by atoms with Crippen LogP contribution in [-0.2, 0) is 0 Å². The molecule has 3 rings (SSSR count). The van der Waals surface area contributed by atoms with Gasteiger partial charge in [-0.3, -0.25) is 9.97 Å². The zero-order chi connectivity index (χ0) is 15.7. The van der Waals surface area contributed by atoms with Crippen molar-refractivity contribution < 1.29 is 4.52 Å². The Morgan fingerprint density at radius 3 is 2.45 bits per heavy atom. The van der Waals surface area contributed by atoms with E-state index in [1.54, 1.807) is 24.8 Å². The lowest BCUT2D eigenvalue weighted by Crippen LogP contribution is -2.13. The zero-order valence-corrected chi connectivity index (χ0v) is 12.9. The molecule has 22 heavy (non-hydrogen) atoms. The Morgan fingerprint density at radius 1 is 1.05 bits per heavy atom. The molecule has 7 nitrogen and oxygen atoms in total. The molecular formula is C15H16N6O. The first-order chi connectivity index (χ1) is 10.6. The highest BCUT2D eigenvalue weighted by atomic mass is 16.5. The minimum Gasteiger partial charge on any atom is -0.361 e. The topological polar surface area (TPSA) is 80.8 Å². The minimum atomic E-state index is 0.614. The summed E-state index contributed by atoms with van der Waals surface area (Å²) in [7, 11) is 3.79. The highest BCUT2D eigenvalue weighted by Crippen LogP contribution is 2.33. The third-order valence-corrected chi connectivity index (χ3v) is 3.29. The molecule has 0 aromatic carbocycles. The van der Waals surface area contributed by atoms with Crippen molar-refractivity contribution in [3.05, 3.63) is 36.2 Å². The van der Waals surface area contributed by atoms with Gasteiger partial charge in [0.1, 0.15) is 5.76 Å². The van der Waals surface area contributed by atoms with Crippen LogP contribution in [0.3, 0.4) is 0 Å². The lowest BCUT2D eigenvalue weighted by atomic mass is 10.0. The van der Waals surface area contributed by atoms with E-state index in [2.05, 4.69) is 25.1 Å². The van der Waals surface area contributed by atoms with Crippen molar-refractivity contribution in [2.45, 2.75) is 13.8 Å². The maximum atomic E-state index is 5.28. The van der Waals surface area contributed by atoms with E-state index in [0.29, 0.717) is 17.4 Å². The van der Waals surface area contributed by atoms with Crippen molar-refractivity contribution in [2.24, 2.45) is 0 Å². The van der Waals surface area contributed by atoms with Crippen LogP contribution in [0.4, 0.5) is 5.95 Å². The molecule has 0 amide bonds. The predicted molar refractivity (Wildman–Crippen MR) is 82.4 cm³/mol. The van der Waals surface area contributed by atoms with Crippen molar-refractivity contribution in [1.82, 2.24) is 25.1 Å². The largest absolute Gasteiger partial charge is 0.361 e. The molecule has 3 aromatic heterocycles. The molecule has 0 N–H and O–H groups in total. The molecule has 0 aliphatic rings. The van der Waals surface area contributed by atoms with Gasteiger partial charge in [0.2, 0.25) is 5.95 Å². The number of hydrogen-bond acceptors (Lipinski definition) is 7. The molecular weight excluding hydrogens is 280 g/mol. The molecule has 0 saturated carbocycles. The van der Waals surface area contributed by atoms with Gasteiger partial charge in [-0.25, -0.2) is 9.97 Å². The van der Waals surface area contributed by atoms with E-state index in [1.165, 1.54) is 0 Å². The van der Waals surface area contributed by atoms with Crippen molar-refractivity contribution in [1.29, 1.82) is 0 Å². The van der Waals surface area contributed by atoms with Crippen LogP contribution in [0.15, 0.2) is 29.3 Å². The van der Waals surface area contributed by atoms with Gasteiger partial charge < -0.3 is 9.42 Å². The number of anilines is 1. The second kappa shape index (κ2) is 5.51. The van der Waals surface area contributed by atoms with Gasteiger partial charge in [-0.1, -0.05) is 5.16 Å². The minimum absolute atomic E-state index is 0.614. The average Bonchev–Trinajstić information content (AvgIpc) is 2.86. The molecule has 0 aliphatic heterocycles. The lowest BCUT2D eigenvalue weighted by Gasteiger charge is -2.14. The van der Waals surface area contributed by atoms with E-state index >= 15 is 0 Å². The van der Waals surface area contributed by atoms with Crippen LogP contribution in [-0.4, -0.2) is 39.2 Å². The molecule has 0 spiro atoms. The Bertz CT molecular complexity index is 778. The van der Waals surface area contributed by atoms with Crippen LogP contribution in [0.1, 0.15) is 11.5 Å². The SMILES string of the molecule is Cc1noc(C)c1-c1nc(N(C)C)ncc1-c1cnccn1. The molecule has 112 valence electrons. The first kappa shape index (κ1) is 14.1. The summed E-state index contributed by atoms with van der Waals surface area (Å²) in [5.41, 5.74) is 3.91. The monoisotopic (exact) mass is 296 g/mol. The number of aryl methyl sites for hydroxylation is 2. The molecule has 0 radical (unpaired) electrons. The number of aromatic nitrogens is 5. The van der Waals surface area contributed by atoms with Crippen LogP contribution in [0.2, 0.25) is 0 Å². The second-order valence-electron chi connectivity index (χ2n) is 5.12. The quantitative estimate of drug-likeness (QED) is 0.733. The van der Waals surface area contributed by atoms with E-state index in [4.69, 9.17) is 4.52 Å². The summed E-state index contributed by atoms with van der Waals surface area (Å²) in [6.07, 6.45) is 6.73. The summed E-state index contributed by atoms with van der Waals surface area (Å²) in [6.45, 7) is 3.76. The van der Waals surface area contributed by atoms with Crippen LogP contribution >= 0.6 is 0 Å². The molecule has 0 unspecified atom stereocenters. The Kier molecular flexibility index (Phi) is 3.54. The maximum absolute atomic E-state index is 5.28. The first-order valence-corrected chi connectivity index (χ1v) is 6.82. The summed E-state index contributed by atoms with van der Waals surface area (Å²) >= 11 is 0. The third-order valence-electron chi connectivity index (χ3n) is 3.29. The van der Waals surface area contributed by atoms with Crippen LogP contribution in [0.25, 0.3) is 22.5 Å². The van der Waals surface area contributed by atoms with Crippen LogP contribution in [0, 0.1) is 13.8 Å². The number of hydrogen-bond donors (Lipinski definition) is 0. The van der Waals surface area contributed by atoms with Crippen LogP contribution in [0.5, 0.6) is 0 Å².